The van der Waals surface area contributed by atoms with E-state index in [1.807, 2.05) is 66.9 Å². The number of hydrogen-bond donors (Lipinski definition) is 2. The van der Waals surface area contributed by atoms with Crippen LogP contribution in [-0.4, -0.2) is 59.8 Å². The van der Waals surface area contributed by atoms with E-state index in [2.05, 4.69) is 20.7 Å². The molecule has 0 unspecified atom stereocenters. The molecule has 1 aromatic heterocycles. The summed E-state index contributed by atoms with van der Waals surface area (Å²) in [6, 6.07) is 9.67. The number of rotatable bonds is 10. The van der Waals surface area contributed by atoms with E-state index in [0.717, 1.165) is 36.8 Å². The molecule has 29 heavy (non-hydrogen) atoms. The number of amides is 1. The van der Waals surface area contributed by atoms with Crippen LogP contribution in [0.3, 0.4) is 0 Å². The average molecular weight is 401 g/mol. The van der Waals surface area contributed by atoms with Crippen LogP contribution in [0, 0.1) is 0 Å². The third-order valence-corrected chi connectivity index (χ3v) is 4.47. The van der Waals surface area contributed by atoms with Crippen LogP contribution in [0.25, 0.3) is 5.69 Å². The summed E-state index contributed by atoms with van der Waals surface area (Å²) in [5.41, 5.74) is 1.82. The Bertz CT molecular complexity index is 781. The molecule has 0 atom stereocenters. The normalized spacial score (nSPS) is 11.2. The van der Waals surface area contributed by atoms with Crippen molar-refractivity contribution in [1.82, 2.24) is 25.3 Å². The van der Waals surface area contributed by atoms with Gasteiger partial charge in [-0.3, -0.25) is 4.79 Å². The van der Waals surface area contributed by atoms with Crippen molar-refractivity contribution in [2.75, 3.05) is 33.3 Å². The minimum absolute atomic E-state index is 0.150. The van der Waals surface area contributed by atoms with Crippen molar-refractivity contribution in [2.45, 2.75) is 33.7 Å². The Kier molecular flexibility index (Phi) is 9.01. The molecular formula is C21H32N6O2. The molecule has 0 radical (unpaired) electrons. The molecule has 8 nitrogen and oxygen atoms in total. The van der Waals surface area contributed by atoms with Crippen molar-refractivity contribution in [2.24, 2.45) is 4.99 Å². The Morgan fingerprint density at radius 2 is 1.86 bits per heavy atom. The number of carbonyl (C=O) groups is 1. The zero-order chi connectivity index (χ0) is 21.1. The van der Waals surface area contributed by atoms with Crippen LogP contribution in [0.1, 0.15) is 32.9 Å². The number of nitrogens with one attached hydrogen (secondary N) is 2. The van der Waals surface area contributed by atoms with Crippen molar-refractivity contribution in [3.8, 4) is 11.4 Å². The Labute approximate surface area is 173 Å². The van der Waals surface area contributed by atoms with Crippen LogP contribution in [0.5, 0.6) is 5.75 Å². The fourth-order valence-electron chi connectivity index (χ4n) is 2.85. The van der Waals surface area contributed by atoms with E-state index in [0.29, 0.717) is 25.5 Å². The number of aromatic nitrogens is 2. The van der Waals surface area contributed by atoms with Gasteiger partial charge in [0, 0.05) is 38.8 Å². The van der Waals surface area contributed by atoms with Gasteiger partial charge in [-0.1, -0.05) is 0 Å². The van der Waals surface area contributed by atoms with Crippen LogP contribution < -0.4 is 15.4 Å². The molecule has 158 valence electrons. The number of benzene rings is 1. The predicted octanol–water partition coefficient (Wildman–Crippen LogP) is 2.19. The van der Waals surface area contributed by atoms with Crippen molar-refractivity contribution >= 4 is 11.9 Å². The Morgan fingerprint density at radius 1 is 1.14 bits per heavy atom. The van der Waals surface area contributed by atoms with Gasteiger partial charge in [-0.05, 0) is 51.1 Å². The van der Waals surface area contributed by atoms with Gasteiger partial charge in [-0.15, -0.1) is 0 Å². The van der Waals surface area contributed by atoms with Gasteiger partial charge in [-0.25, -0.2) is 9.67 Å². The molecule has 2 N–H and O–H groups in total. The molecule has 2 rings (SSSR count). The monoisotopic (exact) mass is 400 g/mol. The Morgan fingerprint density at radius 3 is 2.48 bits per heavy atom. The topological polar surface area (TPSA) is 83.8 Å². The van der Waals surface area contributed by atoms with Gasteiger partial charge in [0.2, 0.25) is 5.91 Å². The molecule has 1 aromatic carbocycles. The standard InChI is InChI=1S/C21H32N6O2/c1-5-22-21(23-14-12-20(28)26(6-2)7-3)24-16-17-13-15-27(25-17)18-8-10-19(29-4)11-9-18/h8-11,13,15H,5-7,12,14,16H2,1-4H3,(H2,22,23,24). The van der Waals surface area contributed by atoms with E-state index < -0.39 is 0 Å². The van der Waals surface area contributed by atoms with E-state index in [1.54, 1.807) is 7.11 Å². The molecule has 0 saturated heterocycles. The first-order chi connectivity index (χ1) is 14.1. The highest BCUT2D eigenvalue weighted by molar-refractivity contribution is 5.81. The summed E-state index contributed by atoms with van der Waals surface area (Å²) in [7, 11) is 1.65. The maximum absolute atomic E-state index is 12.1. The van der Waals surface area contributed by atoms with Crippen molar-refractivity contribution in [1.29, 1.82) is 0 Å². The maximum atomic E-state index is 12.1. The van der Waals surface area contributed by atoms with Gasteiger partial charge in [0.25, 0.3) is 0 Å². The molecule has 0 aliphatic carbocycles. The summed E-state index contributed by atoms with van der Waals surface area (Å²) in [6.07, 6.45) is 2.36. The number of hydrogen-bond acceptors (Lipinski definition) is 4. The minimum Gasteiger partial charge on any atom is -0.497 e. The summed E-state index contributed by atoms with van der Waals surface area (Å²) >= 11 is 0. The number of guanidine groups is 1. The lowest BCUT2D eigenvalue weighted by Gasteiger charge is -2.19. The van der Waals surface area contributed by atoms with Gasteiger partial charge in [-0.2, -0.15) is 5.10 Å². The number of methoxy groups -OCH3 is 1. The quantitative estimate of drug-likeness (QED) is 0.472. The molecule has 0 aliphatic rings. The average Bonchev–Trinajstić information content (AvgIpc) is 3.22. The van der Waals surface area contributed by atoms with Gasteiger partial charge < -0.3 is 20.3 Å². The van der Waals surface area contributed by atoms with Crippen molar-refractivity contribution in [3.63, 3.8) is 0 Å². The van der Waals surface area contributed by atoms with Crippen LogP contribution in [0.15, 0.2) is 41.5 Å². The van der Waals surface area contributed by atoms with E-state index in [9.17, 15) is 4.79 Å². The first-order valence-electron chi connectivity index (χ1n) is 10.1. The molecule has 1 heterocycles. The maximum Gasteiger partial charge on any atom is 0.224 e. The van der Waals surface area contributed by atoms with Crippen molar-refractivity contribution < 1.29 is 9.53 Å². The van der Waals surface area contributed by atoms with E-state index in [-0.39, 0.29) is 5.91 Å². The van der Waals surface area contributed by atoms with Crippen LogP contribution in [0.4, 0.5) is 0 Å². The molecule has 8 heteroatoms. The highest BCUT2D eigenvalue weighted by Crippen LogP contribution is 2.14. The highest BCUT2D eigenvalue weighted by atomic mass is 16.5. The van der Waals surface area contributed by atoms with Crippen LogP contribution in [-0.2, 0) is 11.3 Å². The summed E-state index contributed by atoms with van der Waals surface area (Å²) in [5.74, 6) is 1.64. The van der Waals surface area contributed by atoms with E-state index in [1.165, 1.54) is 0 Å². The Hall–Kier alpha value is -3.03. The van der Waals surface area contributed by atoms with Gasteiger partial charge >= 0.3 is 0 Å². The lowest BCUT2D eigenvalue weighted by atomic mass is 10.3. The third kappa shape index (κ3) is 6.81. The second-order valence-electron chi connectivity index (χ2n) is 6.39. The molecule has 0 spiro atoms. The first kappa shape index (κ1) is 22.3. The highest BCUT2D eigenvalue weighted by Gasteiger charge is 2.09. The number of ether oxygens (including phenoxy) is 1. The zero-order valence-electron chi connectivity index (χ0n) is 17.8. The summed E-state index contributed by atoms with van der Waals surface area (Å²) < 4.78 is 7.00. The van der Waals surface area contributed by atoms with Gasteiger partial charge in [0.1, 0.15) is 5.75 Å². The van der Waals surface area contributed by atoms with E-state index >= 15 is 0 Å². The second-order valence-corrected chi connectivity index (χ2v) is 6.39. The fraction of sp³-hybridized carbons (Fsp3) is 0.476. The third-order valence-electron chi connectivity index (χ3n) is 4.47. The predicted molar refractivity (Wildman–Crippen MR) is 115 cm³/mol. The van der Waals surface area contributed by atoms with E-state index in [4.69, 9.17) is 4.74 Å². The molecule has 2 aromatic rings. The molecule has 0 aliphatic heterocycles. The Balaban J connectivity index is 1.92. The van der Waals surface area contributed by atoms with Gasteiger partial charge in [0.05, 0.1) is 25.0 Å². The number of carbonyl (C=O) groups excluding carboxylic acids is 1. The molecule has 0 saturated carbocycles. The SMILES string of the molecule is CCNC(=NCc1ccn(-c2ccc(OC)cc2)n1)NCCC(=O)N(CC)CC. The second kappa shape index (κ2) is 11.7. The summed E-state index contributed by atoms with van der Waals surface area (Å²) in [4.78, 5) is 18.5. The van der Waals surface area contributed by atoms with Gasteiger partial charge in [0.15, 0.2) is 5.96 Å². The molecule has 0 fully saturated rings. The summed E-state index contributed by atoms with van der Waals surface area (Å²) in [6.45, 7) is 9.20. The lowest BCUT2D eigenvalue weighted by molar-refractivity contribution is -0.130. The summed E-state index contributed by atoms with van der Waals surface area (Å²) in [5, 5.41) is 11.0. The van der Waals surface area contributed by atoms with Crippen LogP contribution >= 0.6 is 0 Å². The number of aliphatic imine (C=N–C) groups is 1. The van der Waals surface area contributed by atoms with Crippen LogP contribution in [0.2, 0.25) is 0 Å². The smallest absolute Gasteiger partial charge is 0.224 e. The minimum atomic E-state index is 0.150. The molecule has 1 amide bonds. The largest absolute Gasteiger partial charge is 0.497 e. The van der Waals surface area contributed by atoms with Crippen molar-refractivity contribution in [3.05, 3.63) is 42.2 Å². The molecular weight excluding hydrogens is 368 g/mol. The lowest BCUT2D eigenvalue weighted by Crippen LogP contribution is -2.40. The zero-order valence-corrected chi connectivity index (χ0v) is 17.8. The molecule has 0 bridgehead atoms. The number of nitrogens with zero attached hydrogens (tertiary/aromatic N) is 4. The first-order valence-corrected chi connectivity index (χ1v) is 10.1. The fourth-order valence-corrected chi connectivity index (χ4v) is 2.85.